The van der Waals surface area contributed by atoms with Gasteiger partial charge in [0.2, 0.25) is 0 Å². The van der Waals surface area contributed by atoms with Gasteiger partial charge in [0.1, 0.15) is 0 Å². The minimum Gasteiger partial charge on any atom is -0.481 e. The van der Waals surface area contributed by atoms with Crippen molar-refractivity contribution in [1.82, 2.24) is 0 Å². The summed E-state index contributed by atoms with van der Waals surface area (Å²) in [7, 11) is 0. The highest BCUT2D eigenvalue weighted by Crippen LogP contribution is 2.34. The second-order valence-electron chi connectivity index (χ2n) is 5.57. The Hall–Kier alpha value is -1.72. The van der Waals surface area contributed by atoms with Crippen LogP contribution in [0.15, 0.2) is 18.2 Å². The molecule has 116 valence electrons. The van der Waals surface area contributed by atoms with Crippen LogP contribution >= 0.6 is 0 Å². The Morgan fingerprint density at radius 3 is 2.67 bits per heavy atom. The lowest BCUT2D eigenvalue weighted by molar-refractivity contribution is -0.143. The maximum absolute atomic E-state index is 12.9. The van der Waals surface area contributed by atoms with E-state index in [9.17, 15) is 18.0 Å². The van der Waals surface area contributed by atoms with E-state index < -0.39 is 23.6 Å². The largest absolute Gasteiger partial charge is 0.481 e. The van der Waals surface area contributed by atoms with Gasteiger partial charge in [-0.2, -0.15) is 13.2 Å². The van der Waals surface area contributed by atoms with Crippen molar-refractivity contribution >= 4 is 11.7 Å². The Kier molecular flexibility index (Phi) is 4.44. The summed E-state index contributed by atoms with van der Waals surface area (Å²) in [5.74, 6) is -1.25. The first kappa shape index (κ1) is 15.7. The third-order valence-corrected chi connectivity index (χ3v) is 3.94. The maximum atomic E-state index is 12.9. The zero-order valence-electron chi connectivity index (χ0n) is 11.7. The molecule has 0 heterocycles. The molecule has 2 unspecified atom stereocenters. The van der Waals surface area contributed by atoms with Crippen LogP contribution in [0.4, 0.5) is 18.9 Å². The molecule has 0 aliphatic heterocycles. The molecule has 21 heavy (non-hydrogen) atoms. The highest BCUT2D eigenvalue weighted by atomic mass is 19.4. The molecule has 1 aromatic rings. The molecule has 0 bridgehead atoms. The number of carboxylic acid groups (broad SMARTS) is 1. The first-order valence-electron chi connectivity index (χ1n) is 6.94. The summed E-state index contributed by atoms with van der Waals surface area (Å²) < 4.78 is 38.6. The molecule has 0 aromatic heterocycles. The first-order chi connectivity index (χ1) is 9.77. The second kappa shape index (κ2) is 5.95. The lowest BCUT2D eigenvalue weighted by Crippen LogP contribution is -2.31. The summed E-state index contributed by atoms with van der Waals surface area (Å²) in [5.41, 5.74) is -0.0813. The van der Waals surface area contributed by atoms with Crippen molar-refractivity contribution in [2.45, 2.75) is 44.8 Å². The Bertz CT molecular complexity index is 528. The van der Waals surface area contributed by atoms with Gasteiger partial charge in [-0.1, -0.05) is 12.5 Å². The van der Waals surface area contributed by atoms with Crippen molar-refractivity contribution in [3.05, 3.63) is 29.3 Å². The number of benzene rings is 1. The summed E-state index contributed by atoms with van der Waals surface area (Å²) in [4.78, 5) is 11.0. The zero-order valence-corrected chi connectivity index (χ0v) is 11.7. The van der Waals surface area contributed by atoms with Crippen LogP contribution in [-0.2, 0) is 11.0 Å². The smallest absolute Gasteiger partial charge is 0.416 e. The number of anilines is 1. The van der Waals surface area contributed by atoms with E-state index in [1.807, 2.05) is 0 Å². The van der Waals surface area contributed by atoms with Crippen LogP contribution in [0, 0.1) is 12.8 Å². The highest BCUT2D eigenvalue weighted by Gasteiger charge is 2.33. The van der Waals surface area contributed by atoms with Crippen LogP contribution in [0.3, 0.4) is 0 Å². The predicted molar refractivity (Wildman–Crippen MR) is 73.2 cm³/mol. The second-order valence-corrected chi connectivity index (χ2v) is 5.57. The van der Waals surface area contributed by atoms with Crippen molar-refractivity contribution in [2.24, 2.45) is 5.92 Å². The third-order valence-electron chi connectivity index (χ3n) is 3.94. The van der Waals surface area contributed by atoms with Crippen LogP contribution in [-0.4, -0.2) is 17.1 Å². The molecule has 0 spiro atoms. The van der Waals surface area contributed by atoms with E-state index in [1.165, 1.54) is 13.0 Å². The van der Waals surface area contributed by atoms with Gasteiger partial charge in [0.15, 0.2) is 0 Å². The number of alkyl halides is 3. The lowest BCUT2D eigenvalue weighted by Gasteiger charge is -2.28. The zero-order chi connectivity index (χ0) is 15.6. The van der Waals surface area contributed by atoms with E-state index in [-0.39, 0.29) is 11.6 Å². The molecule has 2 rings (SSSR count). The molecule has 1 aromatic carbocycles. The van der Waals surface area contributed by atoms with E-state index in [0.717, 1.165) is 18.9 Å². The molecule has 0 saturated heterocycles. The van der Waals surface area contributed by atoms with Gasteiger partial charge in [-0.3, -0.25) is 4.79 Å². The SMILES string of the molecule is Cc1ccc(NC2CCCC(C(=O)O)C2)cc1C(F)(F)F. The summed E-state index contributed by atoms with van der Waals surface area (Å²) in [5, 5.41) is 12.1. The fourth-order valence-electron chi connectivity index (χ4n) is 2.80. The van der Waals surface area contributed by atoms with Gasteiger partial charge >= 0.3 is 12.1 Å². The Labute approximate surface area is 121 Å². The number of rotatable bonds is 3. The van der Waals surface area contributed by atoms with E-state index in [1.54, 1.807) is 6.07 Å². The summed E-state index contributed by atoms with van der Waals surface area (Å²) in [6, 6.07) is 4.04. The number of aliphatic carboxylic acids is 1. The topological polar surface area (TPSA) is 49.3 Å². The molecule has 1 saturated carbocycles. The fraction of sp³-hybridized carbons (Fsp3) is 0.533. The molecular weight excluding hydrogens is 283 g/mol. The van der Waals surface area contributed by atoms with Gasteiger partial charge in [0, 0.05) is 11.7 Å². The number of nitrogens with one attached hydrogen (secondary N) is 1. The average Bonchev–Trinajstić information content (AvgIpc) is 2.40. The number of hydrogen-bond acceptors (Lipinski definition) is 2. The maximum Gasteiger partial charge on any atom is 0.416 e. The van der Waals surface area contributed by atoms with Gasteiger partial charge in [-0.15, -0.1) is 0 Å². The van der Waals surface area contributed by atoms with Gasteiger partial charge in [-0.25, -0.2) is 0 Å². The van der Waals surface area contributed by atoms with Crippen LogP contribution < -0.4 is 5.32 Å². The van der Waals surface area contributed by atoms with Gasteiger partial charge in [0.25, 0.3) is 0 Å². The summed E-state index contributed by atoms with van der Waals surface area (Å²) in [6.07, 6.45) is -1.75. The molecule has 1 aliphatic rings. The molecule has 0 amide bonds. The van der Waals surface area contributed by atoms with Crippen LogP contribution in [0.5, 0.6) is 0 Å². The monoisotopic (exact) mass is 301 g/mol. The predicted octanol–water partition coefficient (Wildman–Crippen LogP) is 4.07. The van der Waals surface area contributed by atoms with Gasteiger partial charge in [0.05, 0.1) is 11.5 Å². The Balaban J connectivity index is 2.11. The van der Waals surface area contributed by atoms with Gasteiger partial charge < -0.3 is 10.4 Å². The number of aryl methyl sites for hydroxylation is 1. The summed E-state index contributed by atoms with van der Waals surface area (Å²) in [6.45, 7) is 1.42. The first-order valence-corrected chi connectivity index (χ1v) is 6.94. The van der Waals surface area contributed by atoms with Gasteiger partial charge in [-0.05, 0) is 43.9 Å². The number of carboxylic acids is 1. The molecule has 2 atom stereocenters. The quantitative estimate of drug-likeness (QED) is 0.885. The van der Waals surface area contributed by atoms with E-state index in [4.69, 9.17) is 5.11 Å². The molecule has 3 nitrogen and oxygen atoms in total. The lowest BCUT2D eigenvalue weighted by atomic mass is 9.85. The van der Waals surface area contributed by atoms with Crippen molar-refractivity contribution in [3.63, 3.8) is 0 Å². The van der Waals surface area contributed by atoms with Crippen LogP contribution in [0.25, 0.3) is 0 Å². The minimum absolute atomic E-state index is 0.0939. The number of carbonyl (C=O) groups is 1. The molecular formula is C15H18F3NO2. The van der Waals surface area contributed by atoms with E-state index in [0.29, 0.717) is 18.5 Å². The molecule has 6 heteroatoms. The Morgan fingerprint density at radius 2 is 2.05 bits per heavy atom. The number of halogens is 3. The van der Waals surface area contributed by atoms with Crippen molar-refractivity contribution in [2.75, 3.05) is 5.32 Å². The van der Waals surface area contributed by atoms with Crippen LogP contribution in [0.1, 0.15) is 36.8 Å². The van der Waals surface area contributed by atoms with Crippen LogP contribution in [0.2, 0.25) is 0 Å². The van der Waals surface area contributed by atoms with Crippen molar-refractivity contribution in [1.29, 1.82) is 0 Å². The molecule has 0 radical (unpaired) electrons. The molecule has 1 fully saturated rings. The molecule has 2 N–H and O–H groups in total. The minimum atomic E-state index is -4.38. The Morgan fingerprint density at radius 1 is 1.33 bits per heavy atom. The average molecular weight is 301 g/mol. The van der Waals surface area contributed by atoms with Crippen molar-refractivity contribution in [3.8, 4) is 0 Å². The third kappa shape index (κ3) is 3.89. The fourth-order valence-corrected chi connectivity index (χ4v) is 2.80. The highest BCUT2D eigenvalue weighted by molar-refractivity contribution is 5.70. The van der Waals surface area contributed by atoms with E-state index >= 15 is 0 Å². The standard InChI is InChI=1S/C15H18F3NO2/c1-9-5-6-12(8-13(9)15(16,17)18)19-11-4-2-3-10(7-11)14(20)21/h5-6,8,10-11,19H,2-4,7H2,1H3,(H,20,21). The van der Waals surface area contributed by atoms with E-state index in [2.05, 4.69) is 5.32 Å². The summed E-state index contributed by atoms with van der Waals surface area (Å²) >= 11 is 0. The van der Waals surface area contributed by atoms with Crippen molar-refractivity contribution < 1.29 is 23.1 Å². The molecule has 1 aliphatic carbocycles. The normalized spacial score (nSPS) is 22.9. The number of hydrogen-bond donors (Lipinski definition) is 2.